The van der Waals surface area contributed by atoms with E-state index in [1.807, 2.05) is 49.4 Å². The van der Waals surface area contributed by atoms with E-state index in [4.69, 9.17) is 4.74 Å². The number of rotatable bonds is 9. The standard InChI is InChI=1S/C39H38N2O6S/c1-28-14-20-34(21-15-28)41(37(44)47-38(2,3)4)48(45,46)35-13-7-9-30(26-35)11-8-23-39(5,36(42)43)24-22-29-16-18-32(19-17-29)33-12-6-10-31(25-33)27-40/h6-7,9-10,12-21,25-26H,22-24H2,1-5H3,(H,42,43). The number of hydrogen-bond acceptors (Lipinski definition) is 6. The molecule has 4 aromatic carbocycles. The summed E-state index contributed by atoms with van der Waals surface area (Å²) in [5.74, 6) is 4.88. The van der Waals surface area contributed by atoms with Gasteiger partial charge in [0.15, 0.2) is 0 Å². The summed E-state index contributed by atoms with van der Waals surface area (Å²) < 4.78 is 33.8. The highest BCUT2D eigenvalue weighted by Gasteiger charge is 2.35. The number of sulfonamides is 1. The van der Waals surface area contributed by atoms with Gasteiger partial charge in [-0.25, -0.2) is 13.2 Å². The van der Waals surface area contributed by atoms with Gasteiger partial charge in [-0.05, 0) is 107 Å². The van der Waals surface area contributed by atoms with Crippen molar-refractivity contribution >= 4 is 27.8 Å². The Morgan fingerprint density at radius 2 is 1.50 bits per heavy atom. The molecule has 8 nitrogen and oxygen atoms in total. The van der Waals surface area contributed by atoms with Crippen LogP contribution in [0.2, 0.25) is 0 Å². The van der Waals surface area contributed by atoms with Gasteiger partial charge in [0.2, 0.25) is 0 Å². The van der Waals surface area contributed by atoms with Crippen molar-refractivity contribution in [2.24, 2.45) is 5.41 Å². The van der Waals surface area contributed by atoms with Crippen LogP contribution in [-0.4, -0.2) is 31.2 Å². The smallest absolute Gasteiger partial charge is 0.429 e. The largest absolute Gasteiger partial charge is 0.481 e. The van der Waals surface area contributed by atoms with Gasteiger partial charge >= 0.3 is 12.1 Å². The average Bonchev–Trinajstić information content (AvgIpc) is 3.04. The van der Waals surface area contributed by atoms with Gasteiger partial charge in [0, 0.05) is 12.0 Å². The number of carboxylic acid groups (broad SMARTS) is 1. The number of carboxylic acids is 1. The van der Waals surface area contributed by atoms with Crippen molar-refractivity contribution < 1.29 is 27.9 Å². The summed E-state index contributed by atoms with van der Waals surface area (Å²) in [7, 11) is -4.41. The molecular formula is C39H38N2O6S. The monoisotopic (exact) mass is 662 g/mol. The van der Waals surface area contributed by atoms with Crippen LogP contribution in [0.25, 0.3) is 11.1 Å². The number of amides is 1. The number of nitrogens with zero attached hydrogens (tertiary/aromatic N) is 2. The zero-order chi connectivity index (χ0) is 35.1. The van der Waals surface area contributed by atoms with Crippen LogP contribution in [0, 0.1) is 35.5 Å². The first-order chi connectivity index (χ1) is 22.6. The van der Waals surface area contributed by atoms with Crippen LogP contribution in [0.5, 0.6) is 0 Å². The summed E-state index contributed by atoms with van der Waals surface area (Å²) >= 11 is 0. The molecule has 4 rings (SSSR count). The first kappa shape index (κ1) is 35.5. The second kappa shape index (κ2) is 14.6. The van der Waals surface area contributed by atoms with Crippen LogP contribution in [0.3, 0.4) is 0 Å². The van der Waals surface area contributed by atoms with Gasteiger partial charge in [-0.2, -0.15) is 9.57 Å². The molecule has 1 N–H and O–H groups in total. The number of aryl methyl sites for hydroxylation is 2. The molecule has 1 atom stereocenters. The van der Waals surface area contributed by atoms with Gasteiger partial charge in [0.25, 0.3) is 10.0 Å². The molecule has 48 heavy (non-hydrogen) atoms. The number of benzene rings is 4. The lowest BCUT2D eigenvalue weighted by Crippen LogP contribution is -2.41. The first-order valence-corrected chi connectivity index (χ1v) is 16.8. The molecule has 0 saturated carbocycles. The van der Waals surface area contributed by atoms with Crippen LogP contribution < -0.4 is 4.31 Å². The van der Waals surface area contributed by atoms with Crippen molar-refractivity contribution in [3.05, 3.63) is 119 Å². The van der Waals surface area contributed by atoms with E-state index in [0.717, 1.165) is 22.3 Å². The molecule has 1 unspecified atom stereocenters. The fraction of sp³-hybridized carbons (Fsp3) is 0.256. The van der Waals surface area contributed by atoms with E-state index in [-0.39, 0.29) is 17.0 Å². The first-order valence-electron chi connectivity index (χ1n) is 15.4. The van der Waals surface area contributed by atoms with Gasteiger partial charge in [-0.3, -0.25) is 4.79 Å². The quantitative estimate of drug-likeness (QED) is 0.179. The lowest BCUT2D eigenvalue weighted by Gasteiger charge is -2.27. The highest BCUT2D eigenvalue weighted by molar-refractivity contribution is 7.93. The highest BCUT2D eigenvalue weighted by Crippen LogP contribution is 2.30. The Hall–Kier alpha value is -5.38. The average molecular weight is 663 g/mol. The molecule has 0 aliphatic rings. The van der Waals surface area contributed by atoms with E-state index in [9.17, 15) is 28.4 Å². The van der Waals surface area contributed by atoms with E-state index in [1.54, 1.807) is 52.0 Å². The fourth-order valence-electron chi connectivity index (χ4n) is 4.83. The van der Waals surface area contributed by atoms with Crippen molar-refractivity contribution in [1.82, 2.24) is 0 Å². The molecule has 1 amide bonds. The zero-order valence-electron chi connectivity index (χ0n) is 27.7. The minimum atomic E-state index is -4.41. The van der Waals surface area contributed by atoms with Crippen LogP contribution >= 0.6 is 0 Å². The molecule has 0 aliphatic carbocycles. The summed E-state index contributed by atoms with van der Waals surface area (Å²) in [6.45, 7) is 8.46. The van der Waals surface area contributed by atoms with Crippen LogP contribution in [0.15, 0.2) is 102 Å². The molecule has 0 saturated heterocycles. The second-order valence-corrected chi connectivity index (χ2v) is 14.6. The normalized spacial score (nSPS) is 12.5. The minimum absolute atomic E-state index is 0.0335. The zero-order valence-corrected chi connectivity index (χ0v) is 28.5. The van der Waals surface area contributed by atoms with Crippen molar-refractivity contribution in [2.45, 2.75) is 64.4 Å². The van der Waals surface area contributed by atoms with Crippen molar-refractivity contribution in [3.63, 3.8) is 0 Å². The molecule has 4 aromatic rings. The maximum Gasteiger partial charge on any atom is 0.429 e. The molecule has 0 fully saturated rings. The number of aliphatic carboxylic acids is 1. The summed E-state index contributed by atoms with van der Waals surface area (Å²) in [4.78, 5) is 25.4. The Labute approximate surface area is 282 Å². The summed E-state index contributed by atoms with van der Waals surface area (Å²) in [5.41, 5.74) is 2.71. The van der Waals surface area contributed by atoms with Crippen molar-refractivity contribution in [1.29, 1.82) is 5.26 Å². The van der Waals surface area contributed by atoms with E-state index < -0.39 is 33.1 Å². The van der Waals surface area contributed by atoms with Gasteiger partial charge in [0.1, 0.15) is 5.60 Å². The van der Waals surface area contributed by atoms with E-state index >= 15 is 0 Å². The summed E-state index contributed by atoms with van der Waals surface area (Å²) in [6.07, 6.45) is -0.166. The number of carbonyl (C=O) groups is 2. The van der Waals surface area contributed by atoms with Crippen LogP contribution in [0.1, 0.15) is 62.8 Å². The van der Waals surface area contributed by atoms with Gasteiger partial charge < -0.3 is 9.84 Å². The maximum absolute atomic E-state index is 13.9. The minimum Gasteiger partial charge on any atom is -0.481 e. The molecule has 0 heterocycles. The van der Waals surface area contributed by atoms with E-state index in [1.165, 1.54) is 30.3 Å². The lowest BCUT2D eigenvalue weighted by molar-refractivity contribution is -0.148. The third-order valence-corrected chi connectivity index (χ3v) is 9.36. The van der Waals surface area contributed by atoms with E-state index in [2.05, 4.69) is 17.9 Å². The van der Waals surface area contributed by atoms with Gasteiger partial charge in [-0.1, -0.05) is 72.0 Å². The fourth-order valence-corrected chi connectivity index (χ4v) is 6.20. The van der Waals surface area contributed by atoms with Crippen molar-refractivity contribution in [2.75, 3.05) is 4.31 Å². The highest BCUT2D eigenvalue weighted by atomic mass is 32.2. The Kier molecular flexibility index (Phi) is 10.8. The predicted molar refractivity (Wildman–Crippen MR) is 186 cm³/mol. The Morgan fingerprint density at radius 1 is 0.854 bits per heavy atom. The molecule has 246 valence electrons. The Balaban J connectivity index is 1.52. The Bertz CT molecular complexity index is 2010. The molecule has 0 bridgehead atoms. The third-order valence-electron chi connectivity index (χ3n) is 7.67. The SMILES string of the molecule is Cc1ccc(N(C(=O)OC(C)(C)C)S(=O)(=O)c2cccc(C#CCC(C)(CCc3ccc(-c4cccc(C#N)c4)cc3)C(=O)O)c2)cc1. The number of hydrogen-bond donors (Lipinski definition) is 1. The molecule has 9 heteroatoms. The molecule has 0 spiro atoms. The number of nitriles is 1. The predicted octanol–water partition coefficient (Wildman–Crippen LogP) is 8.13. The molecule has 0 radical (unpaired) electrons. The Morgan fingerprint density at radius 3 is 2.12 bits per heavy atom. The lowest BCUT2D eigenvalue weighted by atomic mass is 9.81. The van der Waals surface area contributed by atoms with Crippen molar-refractivity contribution in [3.8, 4) is 29.0 Å². The summed E-state index contributed by atoms with van der Waals surface area (Å²) in [6, 6.07) is 29.7. The number of anilines is 1. The van der Waals surface area contributed by atoms with Gasteiger partial charge in [-0.15, -0.1) is 0 Å². The topological polar surface area (TPSA) is 125 Å². The maximum atomic E-state index is 13.9. The second-order valence-electron chi connectivity index (χ2n) is 12.8. The summed E-state index contributed by atoms with van der Waals surface area (Å²) in [5, 5.41) is 19.3. The van der Waals surface area contributed by atoms with Gasteiger partial charge in [0.05, 0.1) is 27.6 Å². The van der Waals surface area contributed by atoms with Crippen LogP contribution in [0.4, 0.5) is 10.5 Å². The molecular weight excluding hydrogens is 625 g/mol. The third kappa shape index (κ3) is 8.90. The number of carbonyl (C=O) groups excluding carboxylic acids is 1. The van der Waals surface area contributed by atoms with Crippen LogP contribution in [-0.2, 0) is 26.0 Å². The molecule has 0 aromatic heterocycles. The van der Waals surface area contributed by atoms with E-state index in [0.29, 0.717) is 28.3 Å². The number of ether oxygens (including phenoxy) is 1. The molecule has 0 aliphatic heterocycles.